The third kappa shape index (κ3) is 5.12. The summed E-state index contributed by atoms with van der Waals surface area (Å²) in [5.41, 5.74) is 0. The summed E-state index contributed by atoms with van der Waals surface area (Å²) < 4.78 is 37.2. The number of aliphatic hydroxyl groups is 1. The first kappa shape index (κ1) is 17.5. The molecule has 128 valence electrons. The predicted octanol–water partition coefficient (Wildman–Crippen LogP) is 2.07. The Morgan fingerprint density at radius 2 is 1.86 bits per heavy atom. The average Bonchev–Trinajstić information content (AvgIpc) is 2.47. The van der Waals surface area contributed by atoms with Gasteiger partial charge in [0.2, 0.25) is 5.91 Å². The smallest absolute Gasteiger partial charge is 0.382 e. The van der Waals surface area contributed by atoms with Crippen LogP contribution in [-0.4, -0.2) is 53.9 Å². The summed E-state index contributed by atoms with van der Waals surface area (Å²) in [6.07, 6.45) is -0.100. The van der Waals surface area contributed by atoms with Crippen molar-refractivity contribution in [3.8, 4) is 0 Å². The fraction of sp³-hybridized carbons (Fsp3) is 0.933. The minimum absolute atomic E-state index is 0.0434. The molecule has 1 amide bonds. The normalized spacial score (nSPS) is 26.6. The monoisotopic (exact) mass is 322 g/mol. The predicted molar refractivity (Wildman–Crippen MR) is 76.2 cm³/mol. The molecule has 4 nitrogen and oxygen atoms in total. The minimum Gasteiger partial charge on any atom is -0.382 e. The number of β-amino-alcohol motifs (C(OH)–C–C–N with tert-alkyl or cyclic N) is 1. The number of amides is 1. The van der Waals surface area contributed by atoms with Crippen LogP contribution in [0.3, 0.4) is 0 Å². The first-order valence-electron chi connectivity index (χ1n) is 8.14. The molecule has 1 aliphatic heterocycles. The highest BCUT2D eigenvalue weighted by Crippen LogP contribution is 2.24. The van der Waals surface area contributed by atoms with Crippen molar-refractivity contribution in [3.63, 3.8) is 0 Å². The molecule has 22 heavy (non-hydrogen) atoms. The van der Waals surface area contributed by atoms with Crippen LogP contribution in [0.4, 0.5) is 13.2 Å². The number of carbonyl (C=O) groups is 1. The highest BCUT2D eigenvalue weighted by atomic mass is 19.4. The van der Waals surface area contributed by atoms with Crippen molar-refractivity contribution in [2.45, 2.75) is 63.3 Å². The van der Waals surface area contributed by atoms with E-state index in [9.17, 15) is 18.0 Å². The van der Waals surface area contributed by atoms with Crippen LogP contribution in [-0.2, 0) is 4.79 Å². The fourth-order valence-electron chi connectivity index (χ4n) is 3.35. The number of aliphatic hydroxyl groups excluding tert-OH is 1. The Hall–Kier alpha value is -0.820. The van der Waals surface area contributed by atoms with Gasteiger partial charge in [-0.25, -0.2) is 0 Å². The first-order chi connectivity index (χ1) is 10.4. The second-order valence-electron chi connectivity index (χ2n) is 6.50. The Balaban J connectivity index is 1.80. The van der Waals surface area contributed by atoms with Gasteiger partial charge < -0.3 is 10.4 Å². The zero-order chi connectivity index (χ0) is 16.2. The number of alkyl halides is 3. The molecule has 0 aromatic rings. The van der Waals surface area contributed by atoms with Gasteiger partial charge >= 0.3 is 6.18 Å². The van der Waals surface area contributed by atoms with Crippen molar-refractivity contribution in [1.29, 1.82) is 0 Å². The number of piperidine rings is 1. The van der Waals surface area contributed by atoms with E-state index in [-0.39, 0.29) is 17.9 Å². The van der Waals surface area contributed by atoms with Crippen molar-refractivity contribution >= 4 is 5.91 Å². The van der Waals surface area contributed by atoms with Gasteiger partial charge in [0.1, 0.15) is 0 Å². The van der Waals surface area contributed by atoms with E-state index in [1.54, 1.807) is 4.90 Å². The van der Waals surface area contributed by atoms with Crippen molar-refractivity contribution in [2.75, 3.05) is 19.6 Å². The summed E-state index contributed by atoms with van der Waals surface area (Å²) in [7, 11) is 0. The van der Waals surface area contributed by atoms with Crippen molar-refractivity contribution in [1.82, 2.24) is 10.2 Å². The minimum atomic E-state index is -4.60. The van der Waals surface area contributed by atoms with E-state index in [4.69, 9.17) is 5.11 Å². The zero-order valence-corrected chi connectivity index (χ0v) is 12.7. The second-order valence-corrected chi connectivity index (χ2v) is 6.50. The molecule has 7 heteroatoms. The van der Waals surface area contributed by atoms with Gasteiger partial charge in [0.15, 0.2) is 6.10 Å². The molecule has 2 aliphatic rings. The third-order valence-corrected chi connectivity index (χ3v) is 4.64. The number of likely N-dealkylation sites (tertiary alicyclic amines) is 1. The Labute approximate surface area is 129 Å². The van der Waals surface area contributed by atoms with E-state index in [0.717, 1.165) is 25.7 Å². The summed E-state index contributed by atoms with van der Waals surface area (Å²) >= 11 is 0. The number of nitrogens with zero attached hydrogens (tertiary/aromatic N) is 1. The molecule has 1 aliphatic carbocycles. The van der Waals surface area contributed by atoms with Gasteiger partial charge in [0.25, 0.3) is 0 Å². The topological polar surface area (TPSA) is 52.6 Å². The molecule has 0 aromatic carbocycles. The van der Waals surface area contributed by atoms with E-state index >= 15 is 0 Å². The molecule has 2 atom stereocenters. The zero-order valence-electron chi connectivity index (χ0n) is 12.7. The molecule has 2 N–H and O–H groups in total. The Kier molecular flexibility index (Phi) is 6.09. The summed E-state index contributed by atoms with van der Waals surface area (Å²) in [5, 5.41) is 12.2. The molecule has 2 rings (SSSR count). The number of halogens is 3. The summed E-state index contributed by atoms with van der Waals surface area (Å²) in [6, 6.07) is 0.220. The number of carbonyl (C=O) groups excluding carboxylic acids is 1. The van der Waals surface area contributed by atoms with Crippen molar-refractivity contribution in [3.05, 3.63) is 0 Å². The molecule has 1 heterocycles. The Bertz CT molecular complexity index is 370. The largest absolute Gasteiger partial charge is 0.415 e. The molecular formula is C15H25F3N2O2. The van der Waals surface area contributed by atoms with Gasteiger partial charge in [-0.05, 0) is 32.2 Å². The van der Waals surface area contributed by atoms with Crippen LogP contribution in [0, 0.1) is 5.92 Å². The van der Waals surface area contributed by atoms with E-state index in [0.29, 0.717) is 25.9 Å². The van der Waals surface area contributed by atoms with Gasteiger partial charge in [0.05, 0.1) is 5.92 Å². The summed E-state index contributed by atoms with van der Waals surface area (Å²) in [4.78, 5) is 13.8. The maximum Gasteiger partial charge on any atom is 0.415 e. The third-order valence-electron chi connectivity index (χ3n) is 4.64. The lowest BCUT2D eigenvalue weighted by molar-refractivity contribution is -0.209. The number of hydrogen-bond acceptors (Lipinski definition) is 3. The quantitative estimate of drug-likeness (QED) is 0.833. The molecule has 0 spiro atoms. The Morgan fingerprint density at radius 1 is 1.18 bits per heavy atom. The van der Waals surface area contributed by atoms with Gasteiger partial charge in [-0.2, -0.15) is 13.2 Å². The second kappa shape index (κ2) is 7.64. The summed E-state index contributed by atoms with van der Waals surface area (Å²) in [6.45, 7) is 0.350. The standard InChI is InChI=1S/C15H25F3N2O2/c16-15(17,18)13(21)10-20-8-4-5-11(9-20)14(22)19-12-6-2-1-3-7-12/h11-13,21H,1-10H2,(H,19,22)/t11-,13-/m0/s1. The SMILES string of the molecule is O=C(NC1CCCCC1)[C@H]1CCCN(C[C@H](O)C(F)(F)F)C1. The fourth-order valence-corrected chi connectivity index (χ4v) is 3.35. The van der Waals surface area contributed by atoms with E-state index in [1.807, 2.05) is 0 Å². The van der Waals surface area contributed by atoms with E-state index in [1.165, 1.54) is 6.42 Å². The van der Waals surface area contributed by atoms with Crippen LogP contribution in [0.1, 0.15) is 44.9 Å². The van der Waals surface area contributed by atoms with Crippen LogP contribution in [0.25, 0.3) is 0 Å². The first-order valence-corrected chi connectivity index (χ1v) is 8.14. The molecule has 0 bridgehead atoms. The Morgan fingerprint density at radius 3 is 2.50 bits per heavy atom. The van der Waals surface area contributed by atoms with Crippen LogP contribution in [0.5, 0.6) is 0 Å². The van der Waals surface area contributed by atoms with Crippen LogP contribution in [0.2, 0.25) is 0 Å². The lowest BCUT2D eigenvalue weighted by Crippen LogP contribution is -2.49. The average molecular weight is 322 g/mol. The molecule has 0 unspecified atom stereocenters. The van der Waals surface area contributed by atoms with Gasteiger partial charge in [-0.15, -0.1) is 0 Å². The lowest BCUT2D eigenvalue weighted by atomic mass is 9.93. The van der Waals surface area contributed by atoms with Crippen LogP contribution < -0.4 is 5.32 Å². The van der Waals surface area contributed by atoms with Gasteiger partial charge in [0, 0.05) is 19.1 Å². The number of hydrogen-bond donors (Lipinski definition) is 2. The van der Waals surface area contributed by atoms with Crippen molar-refractivity contribution < 1.29 is 23.1 Å². The number of nitrogens with one attached hydrogen (secondary N) is 1. The molecule has 1 saturated heterocycles. The highest BCUT2D eigenvalue weighted by molar-refractivity contribution is 5.79. The molecule has 2 fully saturated rings. The molecule has 1 saturated carbocycles. The van der Waals surface area contributed by atoms with Crippen LogP contribution >= 0.6 is 0 Å². The molecule has 0 aromatic heterocycles. The van der Waals surface area contributed by atoms with E-state index in [2.05, 4.69) is 5.32 Å². The van der Waals surface area contributed by atoms with E-state index < -0.39 is 18.8 Å². The molecular weight excluding hydrogens is 297 g/mol. The van der Waals surface area contributed by atoms with Gasteiger partial charge in [-0.3, -0.25) is 9.69 Å². The maximum atomic E-state index is 12.4. The van der Waals surface area contributed by atoms with Gasteiger partial charge in [-0.1, -0.05) is 19.3 Å². The highest BCUT2D eigenvalue weighted by Gasteiger charge is 2.40. The van der Waals surface area contributed by atoms with Crippen LogP contribution in [0.15, 0.2) is 0 Å². The lowest BCUT2D eigenvalue weighted by Gasteiger charge is -2.34. The number of rotatable bonds is 4. The molecule has 0 radical (unpaired) electrons. The summed E-state index contributed by atoms with van der Waals surface area (Å²) in [5.74, 6) is -0.311. The van der Waals surface area contributed by atoms with Crippen molar-refractivity contribution in [2.24, 2.45) is 5.92 Å². The maximum absolute atomic E-state index is 12.4.